The maximum atomic E-state index is 14.8. The number of sulfonamides is 1. The topological polar surface area (TPSA) is 110 Å². The van der Waals surface area contributed by atoms with Crippen molar-refractivity contribution in [3.05, 3.63) is 52.1 Å². The number of aromatic amines is 1. The van der Waals surface area contributed by atoms with Crippen LogP contribution in [0.25, 0.3) is 22.0 Å². The first kappa shape index (κ1) is 22.6. The van der Waals surface area contributed by atoms with Gasteiger partial charge in [-0.25, -0.2) is 22.6 Å². The second-order valence-corrected chi connectivity index (χ2v) is 7.86. The van der Waals surface area contributed by atoms with Gasteiger partial charge in [0, 0.05) is 10.9 Å². The fraction of sp³-hybridized carbons (Fsp3) is 0.222. The summed E-state index contributed by atoms with van der Waals surface area (Å²) in [7, 11) is 0.644. The van der Waals surface area contributed by atoms with Gasteiger partial charge in [0.05, 0.1) is 25.4 Å². The Morgan fingerprint density at radius 2 is 1.72 bits per heavy atom. The molecule has 0 saturated carbocycles. The van der Waals surface area contributed by atoms with Gasteiger partial charge in [-0.3, -0.25) is 4.79 Å². The number of fused-ring (bicyclic) bond motifs is 1. The van der Waals surface area contributed by atoms with E-state index >= 15 is 0 Å². The first-order chi connectivity index (χ1) is 13.3. The molecule has 3 aromatic rings. The van der Waals surface area contributed by atoms with E-state index in [1.54, 1.807) is 6.07 Å². The van der Waals surface area contributed by atoms with Crippen molar-refractivity contribution < 1.29 is 22.3 Å². The fourth-order valence-electron chi connectivity index (χ4n) is 2.83. The van der Waals surface area contributed by atoms with Crippen molar-refractivity contribution in [2.45, 2.75) is 5.75 Å². The summed E-state index contributed by atoms with van der Waals surface area (Å²) in [6.07, 6.45) is 0. The summed E-state index contributed by atoms with van der Waals surface area (Å²) in [5.41, 5.74) is 0.121. The van der Waals surface area contributed by atoms with Gasteiger partial charge in [0.15, 0.2) is 11.5 Å². The number of halogens is 2. The third-order valence-electron chi connectivity index (χ3n) is 4.25. The highest BCUT2D eigenvalue weighted by Gasteiger charge is 2.18. The minimum atomic E-state index is -3.53. The monoisotopic (exact) mass is 443 g/mol. The molecular formula is C18H19ClFN3O5S. The minimum absolute atomic E-state index is 0. The van der Waals surface area contributed by atoms with Crippen molar-refractivity contribution in [3.8, 4) is 22.8 Å². The number of rotatable bonds is 6. The van der Waals surface area contributed by atoms with Crippen LogP contribution in [0, 0.1) is 5.82 Å². The molecule has 0 unspecified atom stereocenters. The molecule has 11 heteroatoms. The Labute approximate surface area is 172 Å². The number of hydrogen-bond donors (Lipinski definition) is 2. The van der Waals surface area contributed by atoms with Crippen LogP contribution in [0.1, 0.15) is 5.56 Å². The van der Waals surface area contributed by atoms with Crippen molar-refractivity contribution in [2.24, 2.45) is 0 Å². The summed E-state index contributed by atoms with van der Waals surface area (Å²) in [6.45, 7) is 0. The summed E-state index contributed by atoms with van der Waals surface area (Å²) in [6, 6.07) is 7.08. The first-order valence-electron chi connectivity index (χ1n) is 8.14. The highest BCUT2D eigenvalue weighted by molar-refractivity contribution is 7.88. The molecule has 0 amide bonds. The maximum absolute atomic E-state index is 14.8. The van der Waals surface area contributed by atoms with E-state index < -0.39 is 21.4 Å². The average Bonchev–Trinajstić information content (AvgIpc) is 2.68. The molecule has 8 nitrogen and oxygen atoms in total. The SMILES string of the molecule is CNS(=O)(=O)Cc1ccc(-c2n[nH]c(=O)c3cc(OC)c(OC)cc23)c(F)c1.Cl. The van der Waals surface area contributed by atoms with E-state index in [4.69, 9.17) is 9.47 Å². The molecule has 0 atom stereocenters. The zero-order valence-corrected chi connectivity index (χ0v) is 17.4. The highest BCUT2D eigenvalue weighted by atomic mass is 35.5. The van der Waals surface area contributed by atoms with E-state index in [-0.39, 0.29) is 40.4 Å². The zero-order chi connectivity index (χ0) is 20.5. The van der Waals surface area contributed by atoms with E-state index in [9.17, 15) is 17.6 Å². The molecule has 0 aliphatic heterocycles. The Morgan fingerprint density at radius 1 is 1.10 bits per heavy atom. The van der Waals surface area contributed by atoms with Crippen LogP contribution in [-0.4, -0.2) is 39.9 Å². The molecule has 0 saturated heterocycles. The van der Waals surface area contributed by atoms with Gasteiger partial charge < -0.3 is 9.47 Å². The van der Waals surface area contributed by atoms with Gasteiger partial charge in [-0.15, -0.1) is 12.4 Å². The molecule has 0 aliphatic carbocycles. The van der Waals surface area contributed by atoms with Crippen LogP contribution in [0.15, 0.2) is 35.1 Å². The van der Waals surface area contributed by atoms with Crippen LogP contribution >= 0.6 is 12.4 Å². The van der Waals surface area contributed by atoms with Crippen molar-refractivity contribution in [2.75, 3.05) is 21.3 Å². The van der Waals surface area contributed by atoms with Crippen LogP contribution in [0.4, 0.5) is 4.39 Å². The number of ether oxygens (including phenoxy) is 2. The zero-order valence-electron chi connectivity index (χ0n) is 15.8. The number of nitrogens with zero attached hydrogens (tertiary/aromatic N) is 1. The van der Waals surface area contributed by atoms with Crippen LogP contribution in [0.2, 0.25) is 0 Å². The Bertz CT molecular complexity index is 1210. The van der Waals surface area contributed by atoms with Gasteiger partial charge in [0.2, 0.25) is 10.0 Å². The second-order valence-electron chi connectivity index (χ2n) is 5.93. The number of methoxy groups -OCH3 is 2. The lowest BCUT2D eigenvalue weighted by molar-refractivity contribution is 0.356. The van der Waals surface area contributed by atoms with E-state index in [1.165, 1.54) is 39.5 Å². The van der Waals surface area contributed by atoms with Crippen molar-refractivity contribution in [1.82, 2.24) is 14.9 Å². The molecule has 29 heavy (non-hydrogen) atoms. The van der Waals surface area contributed by atoms with Crippen molar-refractivity contribution in [1.29, 1.82) is 0 Å². The van der Waals surface area contributed by atoms with Crippen LogP contribution in [0.3, 0.4) is 0 Å². The Kier molecular flexibility index (Phi) is 6.83. The molecule has 2 aromatic carbocycles. The second kappa shape index (κ2) is 8.76. The van der Waals surface area contributed by atoms with Gasteiger partial charge in [-0.1, -0.05) is 6.07 Å². The summed E-state index contributed by atoms with van der Waals surface area (Å²) in [5.74, 6) is -0.308. The number of aromatic nitrogens is 2. The lowest BCUT2D eigenvalue weighted by Crippen LogP contribution is -2.20. The standard InChI is InChI=1S/C18H18FN3O5S.ClH/c1-20-28(24,25)9-10-4-5-11(14(19)6-10)17-12-7-15(26-2)16(27-3)8-13(12)18(23)22-21-17;/h4-8,20H,9H2,1-3H3,(H,22,23);1H. The molecule has 0 fully saturated rings. The number of hydrogen-bond acceptors (Lipinski definition) is 6. The highest BCUT2D eigenvalue weighted by Crippen LogP contribution is 2.35. The molecule has 3 rings (SSSR count). The summed E-state index contributed by atoms with van der Waals surface area (Å²) in [4.78, 5) is 12.2. The fourth-order valence-corrected chi connectivity index (χ4v) is 3.59. The third-order valence-corrected chi connectivity index (χ3v) is 5.58. The van der Waals surface area contributed by atoms with Crippen LogP contribution < -0.4 is 19.8 Å². The Morgan fingerprint density at radius 3 is 2.28 bits per heavy atom. The molecule has 0 aliphatic rings. The molecule has 2 N–H and O–H groups in total. The third kappa shape index (κ3) is 4.50. The molecule has 156 valence electrons. The molecule has 0 radical (unpaired) electrons. The first-order valence-corrected chi connectivity index (χ1v) is 9.79. The Balaban J connectivity index is 0.00000300. The van der Waals surface area contributed by atoms with Gasteiger partial charge in [-0.05, 0) is 36.9 Å². The molecule has 0 bridgehead atoms. The van der Waals surface area contributed by atoms with E-state index in [0.717, 1.165) is 6.07 Å². The Hall–Kier alpha value is -2.69. The minimum Gasteiger partial charge on any atom is -0.493 e. The summed E-state index contributed by atoms with van der Waals surface area (Å²) >= 11 is 0. The van der Waals surface area contributed by atoms with Crippen molar-refractivity contribution in [3.63, 3.8) is 0 Å². The van der Waals surface area contributed by atoms with E-state index in [0.29, 0.717) is 16.9 Å². The molecule has 1 heterocycles. The number of benzene rings is 2. The maximum Gasteiger partial charge on any atom is 0.272 e. The summed E-state index contributed by atoms with van der Waals surface area (Å²) < 4.78 is 50.7. The van der Waals surface area contributed by atoms with Crippen LogP contribution in [0.5, 0.6) is 11.5 Å². The van der Waals surface area contributed by atoms with Gasteiger partial charge in [0.1, 0.15) is 11.5 Å². The van der Waals surface area contributed by atoms with Gasteiger partial charge in [0.25, 0.3) is 5.56 Å². The predicted molar refractivity (Wildman–Crippen MR) is 110 cm³/mol. The van der Waals surface area contributed by atoms with Gasteiger partial charge >= 0.3 is 0 Å². The predicted octanol–water partition coefficient (Wildman–Crippen LogP) is 2.22. The smallest absolute Gasteiger partial charge is 0.272 e. The molecular weight excluding hydrogens is 425 g/mol. The van der Waals surface area contributed by atoms with E-state index in [1.807, 2.05) is 0 Å². The lowest BCUT2D eigenvalue weighted by Gasteiger charge is -2.12. The number of H-pyrrole nitrogens is 1. The van der Waals surface area contributed by atoms with Crippen LogP contribution in [-0.2, 0) is 15.8 Å². The van der Waals surface area contributed by atoms with E-state index in [2.05, 4.69) is 14.9 Å². The normalized spacial score (nSPS) is 11.2. The van der Waals surface area contributed by atoms with Gasteiger partial charge in [-0.2, -0.15) is 5.10 Å². The quantitative estimate of drug-likeness (QED) is 0.604. The average molecular weight is 444 g/mol. The largest absolute Gasteiger partial charge is 0.493 e. The summed E-state index contributed by atoms with van der Waals surface area (Å²) in [5, 5.41) is 6.95. The molecule has 1 aromatic heterocycles. The van der Waals surface area contributed by atoms with Crippen molar-refractivity contribution >= 4 is 33.2 Å². The molecule has 0 spiro atoms. The number of nitrogens with one attached hydrogen (secondary N) is 2. The lowest BCUT2D eigenvalue weighted by atomic mass is 10.0.